The first kappa shape index (κ1) is 16.9. The van der Waals surface area contributed by atoms with Crippen LogP contribution in [0.2, 0.25) is 0 Å². The van der Waals surface area contributed by atoms with Gasteiger partial charge in [0, 0.05) is 18.2 Å². The largest absolute Gasteiger partial charge is 0.414 e. The van der Waals surface area contributed by atoms with Crippen molar-refractivity contribution in [2.24, 2.45) is 0 Å². The van der Waals surface area contributed by atoms with Crippen LogP contribution in [-0.4, -0.2) is 27.3 Å². The highest BCUT2D eigenvalue weighted by Gasteiger charge is 2.17. The number of ether oxygens (including phenoxy) is 1. The molecule has 2 aromatic heterocycles. The zero-order valence-electron chi connectivity index (χ0n) is 14.7. The summed E-state index contributed by atoms with van der Waals surface area (Å²) in [4.78, 5) is 8.89. The third-order valence-corrected chi connectivity index (χ3v) is 4.04. The normalized spacial score (nSPS) is 10.9. The van der Waals surface area contributed by atoms with Gasteiger partial charge in [-0.25, -0.2) is 9.97 Å². The zero-order valence-corrected chi connectivity index (χ0v) is 14.7. The molecular weight excluding hydrogens is 342 g/mol. The van der Waals surface area contributed by atoms with Crippen LogP contribution in [0.3, 0.4) is 0 Å². The van der Waals surface area contributed by atoms with Gasteiger partial charge in [0.2, 0.25) is 5.89 Å². The molecule has 0 aliphatic rings. The average molecular weight is 359 g/mol. The Balaban J connectivity index is 1.75. The molecule has 134 valence electrons. The van der Waals surface area contributed by atoms with Crippen molar-refractivity contribution in [3.8, 4) is 34.3 Å². The van der Waals surface area contributed by atoms with Crippen LogP contribution < -0.4 is 5.73 Å². The molecule has 0 bridgehead atoms. The summed E-state index contributed by atoms with van der Waals surface area (Å²) in [5, 5.41) is 8.19. The van der Waals surface area contributed by atoms with Gasteiger partial charge in [-0.05, 0) is 17.7 Å². The van der Waals surface area contributed by atoms with Crippen LogP contribution in [0.5, 0.6) is 0 Å². The van der Waals surface area contributed by atoms with E-state index in [1.54, 1.807) is 13.3 Å². The number of anilines is 1. The molecule has 0 atom stereocenters. The summed E-state index contributed by atoms with van der Waals surface area (Å²) in [7, 11) is 1.65. The Morgan fingerprint density at radius 3 is 2.52 bits per heavy atom. The van der Waals surface area contributed by atoms with Crippen LogP contribution in [0, 0.1) is 0 Å². The van der Waals surface area contributed by atoms with Crippen molar-refractivity contribution in [1.29, 1.82) is 0 Å². The Bertz CT molecular complexity index is 1060. The summed E-state index contributed by atoms with van der Waals surface area (Å²) in [6.07, 6.45) is 1.63. The summed E-state index contributed by atoms with van der Waals surface area (Å²) < 4.78 is 11.0. The molecule has 4 aromatic rings. The number of nitrogens with two attached hydrogens (primary N) is 1. The monoisotopic (exact) mass is 359 g/mol. The molecule has 0 saturated heterocycles. The topological polar surface area (TPSA) is 100.0 Å². The van der Waals surface area contributed by atoms with Gasteiger partial charge in [-0.2, -0.15) is 0 Å². The third kappa shape index (κ3) is 3.40. The SMILES string of the molecule is COCc1ccccc1-c1cnc(N)c(-c2nnc(-c3ccccc3)o2)n1. The van der Waals surface area contributed by atoms with Crippen molar-refractivity contribution in [1.82, 2.24) is 20.2 Å². The Kier molecular flexibility index (Phi) is 4.59. The Labute approximate surface area is 155 Å². The summed E-state index contributed by atoms with van der Waals surface area (Å²) in [5.41, 5.74) is 9.77. The molecular formula is C20H17N5O2. The van der Waals surface area contributed by atoms with Crippen LogP contribution in [0.15, 0.2) is 65.2 Å². The Morgan fingerprint density at radius 2 is 1.70 bits per heavy atom. The number of hydrogen-bond acceptors (Lipinski definition) is 7. The highest BCUT2D eigenvalue weighted by molar-refractivity contribution is 5.70. The highest BCUT2D eigenvalue weighted by atomic mass is 16.5. The molecule has 0 aliphatic heterocycles. The molecule has 2 aromatic carbocycles. The molecule has 27 heavy (non-hydrogen) atoms. The lowest BCUT2D eigenvalue weighted by Gasteiger charge is -2.09. The van der Waals surface area contributed by atoms with Gasteiger partial charge in [0.1, 0.15) is 0 Å². The van der Waals surface area contributed by atoms with Crippen LogP contribution in [0.1, 0.15) is 5.56 Å². The van der Waals surface area contributed by atoms with E-state index in [2.05, 4.69) is 20.2 Å². The average Bonchev–Trinajstić information content (AvgIpc) is 3.20. The number of aromatic nitrogens is 4. The van der Waals surface area contributed by atoms with Crippen molar-refractivity contribution < 1.29 is 9.15 Å². The lowest BCUT2D eigenvalue weighted by molar-refractivity contribution is 0.185. The number of rotatable bonds is 5. The minimum atomic E-state index is 0.227. The van der Waals surface area contributed by atoms with E-state index in [0.717, 1.165) is 16.7 Å². The summed E-state index contributed by atoms with van der Waals surface area (Å²) in [6.45, 7) is 0.469. The van der Waals surface area contributed by atoms with Gasteiger partial charge < -0.3 is 14.9 Å². The predicted molar refractivity (Wildman–Crippen MR) is 101 cm³/mol. The number of hydrogen-bond donors (Lipinski definition) is 1. The number of methoxy groups -OCH3 is 1. The van der Waals surface area contributed by atoms with E-state index in [4.69, 9.17) is 14.9 Å². The van der Waals surface area contributed by atoms with Crippen molar-refractivity contribution in [3.63, 3.8) is 0 Å². The van der Waals surface area contributed by atoms with E-state index >= 15 is 0 Å². The molecule has 0 aliphatic carbocycles. The van der Waals surface area contributed by atoms with Crippen LogP contribution in [-0.2, 0) is 11.3 Å². The van der Waals surface area contributed by atoms with E-state index in [1.807, 2.05) is 54.6 Å². The van der Waals surface area contributed by atoms with Crippen molar-refractivity contribution in [3.05, 3.63) is 66.4 Å². The number of nitrogens with zero attached hydrogens (tertiary/aromatic N) is 4. The standard InChI is InChI=1S/C20H17N5O2/c1-26-12-14-9-5-6-10-15(14)16-11-22-18(21)17(23-16)20-25-24-19(27-20)13-7-3-2-4-8-13/h2-11H,12H2,1H3,(H2,21,22). The van der Waals surface area contributed by atoms with Gasteiger partial charge in [0.25, 0.3) is 5.89 Å². The molecule has 2 heterocycles. The lowest BCUT2D eigenvalue weighted by Crippen LogP contribution is -2.01. The second kappa shape index (κ2) is 7.35. The number of nitrogen functional groups attached to an aromatic ring is 1. The van der Waals surface area contributed by atoms with Gasteiger partial charge in [-0.15, -0.1) is 10.2 Å². The zero-order chi connectivity index (χ0) is 18.6. The quantitative estimate of drug-likeness (QED) is 0.581. The molecule has 0 radical (unpaired) electrons. The molecule has 0 amide bonds. The maximum atomic E-state index is 6.02. The third-order valence-electron chi connectivity index (χ3n) is 4.04. The van der Waals surface area contributed by atoms with E-state index in [-0.39, 0.29) is 11.7 Å². The van der Waals surface area contributed by atoms with Gasteiger partial charge in [-0.3, -0.25) is 0 Å². The van der Waals surface area contributed by atoms with Gasteiger partial charge >= 0.3 is 0 Å². The van der Waals surface area contributed by atoms with Gasteiger partial charge in [-0.1, -0.05) is 42.5 Å². The van der Waals surface area contributed by atoms with Crippen LogP contribution in [0.25, 0.3) is 34.3 Å². The molecule has 7 nitrogen and oxygen atoms in total. The first-order valence-electron chi connectivity index (χ1n) is 8.35. The summed E-state index contributed by atoms with van der Waals surface area (Å²) in [5.74, 6) is 0.855. The fraction of sp³-hybridized carbons (Fsp3) is 0.100. The number of benzene rings is 2. The molecule has 7 heteroatoms. The van der Waals surface area contributed by atoms with Crippen molar-refractivity contribution in [2.45, 2.75) is 6.61 Å². The smallest absolute Gasteiger partial charge is 0.270 e. The first-order valence-corrected chi connectivity index (χ1v) is 8.35. The molecule has 2 N–H and O–H groups in total. The van der Waals surface area contributed by atoms with E-state index in [0.29, 0.717) is 23.9 Å². The summed E-state index contributed by atoms with van der Waals surface area (Å²) in [6, 6.07) is 17.3. The fourth-order valence-electron chi connectivity index (χ4n) is 2.75. The Hall–Kier alpha value is -3.58. The first-order chi connectivity index (χ1) is 13.3. The molecule has 0 unspecified atom stereocenters. The fourth-order valence-corrected chi connectivity index (χ4v) is 2.75. The van der Waals surface area contributed by atoms with Crippen molar-refractivity contribution in [2.75, 3.05) is 12.8 Å². The van der Waals surface area contributed by atoms with Gasteiger partial charge in [0.05, 0.1) is 18.5 Å². The molecule has 0 saturated carbocycles. The summed E-state index contributed by atoms with van der Waals surface area (Å²) >= 11 is 0. The minimum Gasteiger partial charge on any atom is -0.414 e. The second-order valence-electron chi connectivity index (χ2n) is 5.86. The van der Waals surface area contributed by atoms with E-state index < -0.39 is 0 Å². The minimum absolute atomic E-state index is 0.227. The maximum absolute atomic E-state index is 6.02. The van der Waals surface area contributed by atoms with Crippen molar-refractivity contribution >= 4 is 5.82 Å². The molecule has 0 fully saturated rings. The highest BCUT2D eigenvalue weighted by Crippen LogP contribution is 2.29. The van der Waals surface area contributed by atoms with E-state index in [9.17, 15) is 0 Å². The second-order valence-corrected chi connectivity index (χ2v) is 5.86. The molecule has 4 rings (SSSR count). The van der Waals surface area contributed by atoms with Crippen LogP contribution in [0.4, 0.5) is 5.82 Å². The predicted octanol–water partition coefficient (Wildman–Crippen LogP) is 3.59. The lowest BCUT2D eigenvalue weighted by atomic mass is 10.1. The van der Waals surface area contributed by atoms with Gasteiger partial charge in [0.15, 0.2) is 11.5 Å². The maximum Gasteiger partial charge on any atom is 0.270 e. The Morgan fingerprint density at radius 1 is 0.963 bits per heavy atom. The van der Waals surface area contributed by atoms with Crippen LogP contribution >= 0.6 is 0 Å². The molecule has 0 spiro atoms. The van der Waals surface area contributed by atoms with E-state index in [1.165, 1.54) is 0 Å².